The minimum absolute atomic E-state index is 0.123. The fourth-order valence-electron chi connectivity index (χ4n) is 1.64. The van der Waals surface area contributed by atoms with Crippen molar-refractivity contribution in [1.82, 2.24) is 20.4 Å². The number of halogens is 1. The molecule has 1 unspecified atom stereocenters. The van der Waals surface area contributed by atoms with Gasteiger partial charge in [0.2, 0.25) is 11.7 Å². The first-order valence-corrected chi connectivity index (χ1v) is 6.22. The Morgan fingerprint density at radius 2 is 2.37 bits per heavy atom. The van der Waals surface area contributed by atoms with Crippen LogP contribution < -0.4 is 5.32 Å². The Kier molecular flexibility index (Phi) is 4.84. The molecule has 6 nitrogen and oxygen atoms in total. The van der Waals surface area contributed by atoms with Crippen LogP contribution in [-0.4, -0.2) is 41.9 Å². The molecule has 0 aliphatic heterocycles. The van der Waals surface area contributed by atoms with Gasteiger partial charge in [0.05, 0.1) is 11.6 Å². The fraction of sp³-hybridized carbons (Fsp3) is 0.417. The zero-order valence-electron chi connectivity index (χ0n) is 10.8. The van der Waals surface area contributed by atoms with Crippen molar-refractivity contribution < 1.29 is 9.26 Å². The van der Waals surface area contributed by atoms with Gasteiger partial charge in [-0.1, -0.05) is 16.8 Å². The predicted molar refractivity (Wildman–Crippen MR) is 71.0 cm³/mol. The van der Waals surface area contributed by atoms with Crippen molar-refractivity contribution in [1.29, 1.82) is 0 Å². The lowest BCUT2D eigenvalue weighted by Crippen LogP contribution is -2.32. The zero-order valence-corrected chi connectivity index (χ0v) is 11.5. The number of rotatable bonds is 6. The van der Waals surface area contributed by atoms with E-state index in [4.69, 9.17) is 20.9 Å². The lowest BCUT2D eigenvalue weighted by atomic mass is 10.2. The van der Waals surface area contributed by atoms with Gasteiger partial charge in [-0.05, 0) is 19.2 Å². The summed E-state index contributed by atoms with van der Waals surface area (Å²) in [4.78, 5) is 8.43. The molecular formula is C12H15ClN4O2. The highest BCUT2D eigenvalue weighted by atomic mass is 35.5. The van der Waals surface area contributed by atoms with Crippen molar-refractivity contribution in [3.63, 3.8) is 0 Å². The number of aromatic nitrogens is 3. The van der Waals surface area contributed by atoms with Gasteiger partial charge in [-0.15, -0.1) is 0 Å². The molecule has 2 heterocycles. The Hall–Kier alpha value is -1.50. The standard InChI is InChI=1S/C12H15ClN4O2/c1-14-8(7-18-2)6-10-16-12(17-19-10)11-9(13)4-3-5-15-11/h3-5,8,14H,6-7H2,1-2H3. The molecule has 0 amide bonds. The molecule has 0 bridgehead atoms. The lowest BCUT2D eigenvalue weighted by Gasteiger charge is -2.11. The molecule has 2 aromatic rings. The van der Waals surface area contributed by atoms with Crippen molar-refractivity contribution in [2.45, 2.75) is 12.5 Å². The third-order valence-corrected chi connectivity index (χ3v) is 2.94. The molecule has 7 heteroatoms. The second-order valence-electron chi connectivity index (χ2n) is 3.99. The van der Waals surface area contributed by atoms with Crippen LogP contribution in [0.15, 0.2) is 22.9 Å². The summed E-state index contributed by atoms with van der Waals surface area (Å²) in [5, 5.41) is 7.51. The van der Waals surface area contributed by atoms with Crippen molar-refractivity contribution in [2.24, 2.45) is 0 Å². The summed E-state index contributed by atoms with van der Waals surface area (Å²) >= 11 is 6.03. The van der Waals surface area contributed by atoms with Crippen molar-refractivity contribution in [2.75, 3.05) is 20.8 Å². The van der Waals surface area contributed by atoms with Gasteiger partial charge in [-0.2, -0.15) is 4.98 Å². The molecule has 1 atom stereocenters. The van der Waals surface area contributed by atoms with E-state index >= 15 is 0 Å². The van der Waals surface area contributed by atoms with Crippen LogP contribution in [-0.2, 0) is 11.2 Å². The highest BCUT2D eigenvalue weighted by Crippen LogP contribution is 2.22. The van der Waals surface area contributed by atoms with Crippen LogP contribution >= 0.6 is 11.6 Å². The maximum Gasteiger partial charge on any atom is 0.228 e. The van der Waals surface area contributed by atoms with E-state index in [1.54, 1.807) is 25.4 Å². The Morgan fingerprint density at radius 1 is 1.53 bits per heavy atom. The second-order valence-corrected chi connectivity index (χ2v) is 4.40. The largest absolute Gasteiger partial charge is 0.383 e. The highest BCUT2D eigenvalue weighted by Gasteiger charge is 2.16. The molecule has 0 spiro atoms. The van der Waals surface area contributed by atoms with Crippen molar-refractivity contribution in [3.05, 3.63) is 29.2 Å². The van der Waals surface area contributed by atoms with Gasteiger partial charge in [0, 0.05) is 25.8 Å². The summed E-state index contributed by atoms with van der Waals surface area (Å²) in [6.45, 7) is 0.568. The first-order valence-electron chi connectivity index (χ1n) is 5.84. The van der Waals surface area contributed by atoms with Gasteiger partial charge >= 0.3 is 0 Å². The molecule has 19 heavy (non-hydrogen) atoms. The molecule has 1 N–H and O–H groups in total. The molecular weight excluding hydrogens is 268 g/mol. The summed E-state index contributed by atoms with van der Waals surface area (Å²) in [6.07, 6.45) is 2.22. The minimum Gasteiger partial charge on any atom is -0.383 e. The fourth-order valence-corrected chi connectivity index (χ4v) is 1.85. The first kappa shape index (κ1) is 13.9. The molecule has 0 aliphatic rings. The number of hydrogen-bond acceptors (Lipinski definition) is 6. The third kappa shape index (κ3) is 3.50. The highest BCUT2D eigenvalue weighted by molar-refractivity contribution is 6.32. The van der Waals surface area contributed by atoms with E-state index in [1.165, 1.54) is 0 Å². The molecule has 0 aliphatic carbocycles. The van der Waals surface area contributed by atoms with Gasteiger partial charge in [-0.3, -0.25) is 4.98 Å². The van der Waals surface area contributed by atoms with E-state index in [0.717, 1.165) is 0 Å². The van der Waals surface area contributed by atoms with E-state index in [2.05, 4.69) is 20.4 Å². The summed E-state index contributed by atoms with van der Waals surface area (Å²) in [5.74, 6) is 0.918. The second kappa shape index (κ2) is 6.60. The SMILES string of the molecule is CNC(COC)Cc1nc(-c2ncccc2Cl)no1. The van der Waals surface area contributed by atoms with E-state index in [9.17, 15) is 0 Å². The molecule has 0 fully saturated rings. The Labute approximate surface area is 116 Å². The number of nitrogens with zero attached hydrogens (tertiary/aromatic N) is 3. The van der Waals surface area contributed by atoms with E-state index in [1.807, 2.05) is 7.05 Å². The summed E-state index contributed by atoms with van der Waals surface area (Å²) in [7, 11) is 3.51. The quantitative estimate of drug-likeness (QED) is 0.867. The first-order chi connectivity index (χ1) is 9.24. The van der Waals surface area contributed by atoms with Crippen LogP contribution in [0.5, 0.6) is 0 Å². The summed E-state index contributed by atoms with van der Waals surface area (Å²) < 4.78 is 10.3. The third-order valence-electron chi connectivity index (χ3n) is 2.64. The minimum atomic E-state index is 0.123. The van der Waals surface area contributed by atoms with Crippen LogP contribution in [0, 0.1) is 0 Å². The molecule has 0 aromatic carbocycles. The number of pyridine rings is 1. The normalized spacial score (nSPS) is 12.6. The zero-order chi connectivity index (χ0) is 13.7. The Bertz CT molecular complexity index is 532. The molecule has 102 valence electrons. The summed E-state index contributed by atoms with van der Waals surface area (Å²) in [5.41, 5.74) is 0.520. The average molecular weight is 283 g/mol. The van der Waals surface area contributed by atoms with Gasteiger partial charge in [-0.25, -0.2) is 0 Å². The lowest BCUT2D eigenvalue weighted by molar-refractivity contribution is 0.165. The number of nitrogens with one attached hydrogen (secondary N) is 1. The summed E-state index contributed by atoms with van der Waals surface area (Å²) in [6, 6.07) is 3.61. The van der Waals surface area contributed by atoms with Gasteiger partial charge < -0.3 is 14.6 Å². The van der Waals surface area contributed by atoms with E-state index in [-0.39, 0.29) is 6.04 Å². The van der Waals surface area contributed by atoms with Crippen LogP contribution in [0.3, 0.4) is 0 Å². The maximum absolute atomic E-state index is 6.03. The van der Waals surface area contributed by atoms with Crippen molar-refractivity contribution in [3.8, 4) is 11.5 Å². The smallest absolute Gasteiger partial charge is 0.228 e. The topological polar surface area (TPSA) is 73.1 Å². The van der Waals surface area contributed by atoms with Crippen LogP contribution in [0.4, 0.5) is 0 Å². The van der Waals surface area contributed by atoms with Crippen LogP contribution in [0.1, 0.15) is 5.89 Å². The maximum atomic E-state index is 6.03. The number of methoxy groups -OCH3 is 1. The van der Waals surface area contributed by atoms with Crippen molar-refractivity contribution >= 4 is 11.6 Å². The number of likely N-dealkylation sites (N-methyl/N-ethyl adjacent to an activating group) is 1. The van der Waals surface area contributed by atoms with Crippen LogP contribution in [0.2, 0.25) is 5.02 Å². The molecule has 0 saturated heterocycles. The molecule has 0 radical (unpaired) electrons. The van der Waals surface area contributed by atoms with E-state index < -0.39 is 0 Å². The van der Waals surface area contributed by atoms with Gasteiger partial charge in [0.1, 0.15) is 5.69 Å². The molecule has 2 aromatic heterocycles. The number of ether oxygens (including phenoxy) is 1. The Morgan fingerprint density at radius 3 is 3.05 bits per heavy atom. The van der Waals surface area contributed by atoms with Crippen LogP contribution in [0.25, 0.3) is 11.5 Å². The average Bonchev–Trinajstić information content (AvgIpc) is 2.87. The monoisotopic (exact) mass is 282 g/mol. The predicted octanol–water partition coefficient (Wildman–Crippen LogP) is 1.56. The van der Waals surface area contributed by atoms with E-state index in [0.29, 0.717) is 35.5 Å². The Balaban J connectivity index is 2.13. The van der Waals surface area contributed by atoms with Gasteiger partial charge in [0.25, 0.3) is 0 Å². The molecule has 2 rings (SSSR count). The van der Waals surface area contributed by atoms with Gasteiger partial charge in [0.15, 0.2) is 0 Å². The number of hydrogen-bond donors (Lipinski definition) is 1. The molecule has 0 saturated carbocycles.